The number of aromatic nitrogens is 4. The summed E-state index contributed by atoms with van der Waals surface area (Å²) in [7, 11) is 0. The van der Waals surface area contributed by atoms with E-state index in [1.807, 2.05) is 13.8 Å². The molecule has 0 saturated heterocycles. The van der Waals surface area contributed by atoms with Gasteiger partial charge in [-0.05, 0) is 29.9 Å². The Hall–Kier alpha value is -1.56. The lowest BCUT2D eigenvalue weighted by Gasteiger charge is -2.06. The molecule has 0 N–H and O–H groups in total. The number of hydrogen-bond donors (Lipinski definition) is 0. The van der Waals surface area contributed by atoms with Crippen LogP contribution in [0.3, 0.4) is 0 Å². The fourth-order valence-corrected chi connectivity index (χ4v) is 2.53. The lowest BCUT2D eigenvalue weighted by atomic mass is 10.1. The molecule has 18 heavy (non-hydrogen) atoms. The number of carbonyl (C=O) groups excluding carboxylic acids is 1. The number of carbonyl (C=O) groups is 1. The second-order valence-corrected chi connectivity index (χ2v) is 5.16. The van der Waals surface area contributed by atoms with Gasteiger partial charge >= 0.3 is 0 Å². The predicted molar refractivity (Wildman–Crippen MR) is 69.9 cm³/mol. The van der Waals surface area contributed by atoms with Crippen LogP contribution in [0.5, 0.6) is 0 Å². The zero-order valence-corrected chi connectivity index (χ0v) is 11.6. The molecule has 6 heteroatoms. The summed E-state index contributed by atoms with van der Waals surface area (Å²) in [4.78, 5) is 13.1. The van der Waals surface area contributed by atoms with Gasteiger partial charge in [-0.25, -0.2) is 0 Å². The summed E-state index contributed by atoms with van der Waals surface area (Å²) < 4.78 is 5.63. The van der Waals surface area contributed by atoms with Crippen LogP contribution in [-0.2, 0) is 6.54 Å². The van der Waals surface area contributed by atoms with E-state index in [4.69, 9.17) is 0 Å². The molecule has 0 radical (unpaired) electrons. The molecule has 0 amide bonds. The Labute approximate surface area is 110 Å². The van der Waals surface area contributed by atoms with E-state index in [1.165, 1.54) is 0 Å². The molecule has 2 rings (SSSR count). The highest BCUT2D eigenvalue weighted by atomic mass is 32.1. The normalized spacial score (nSPS) is 11.1. The fourth-order valence-electron chi connectivity index (χ4n) is 1.76. The molecular weight excluding hydrogens is 248 g/mol. The van der Waals surface area contributed by atoms with Gasteiger partial charge in [0.25, 0.3) is 0 Å². The van der Waals surface area contributed by atoms with Crippen molar-refractivity contribution in [1.29, 1.82) is 0 Å². The Morgan fingerprint density at radius 2 is 2.28 bits per heavy atom. The maximum atomic E-state index is 12.5. The molecule has 0 aliphatic carbocycles. The highest BCUT2D eigenvalue weighted by Gasteiger charge is 2.22. The van der Waals surface area contributed by atoms with E-state index in [9.17, 15) is 4.79 Å². The Balaban J connectivity index is 2.36. The van der Waals surface area contributed by atoms with E-state index < -0.39 is 0 Å². The van der Waals surface area contributed by atoms with Crippen LogP contribution >= 0.6 is 11.5 Å². The SMILES string of the molecule is CCCn1nccc1C(=O)c1snnc1C(C)C. The third-order valence-electron chi connectivity index (χ3n) is 2.65. The highest BCUT2D eigenvalue weighted by molar-refractivity contribution is 7.08. The van der Waals surface area contributed by atoms with Gasteiger partial charge in [-0.2, -0.15) is 5.10 Å². The maximum absolute atomic E-state index is 12.5. The third-order valence-corrected chi connectivity index (χ3v) is 3.39. The van der Waals surface area contributed by atoms with Crippen LogP contribution in [-0.4, -0.2) is 25.2 Å². The summed E-state index contributed by atoms with van der Waals surface area (Å²) in [5.41, 5.74) is 1.39. The Bertz CT molecular complexity index is 544. The molecule has 0 aromatic carbocycles. The second kappa shape index (κ2) is 5.39. The van der Waals surface area contributed by atoms with Gasteiger partial charge in [-0.1, -0.05) is 25.3 Å². The van der Waals surface area contributed by atoms with Crippen LogP contribution in [0.2, 0.25) is 0 Å². The van der Waals surface area contributed by atoms with E-state index in [0.29, 0.717) is 10.6 Å². The number of rotatable bonds is 5. The van der Waals surface area contributed by atoms with Gasteiger partial charge in [-0.15, -0.1) is 5.10 Å². The Kier molecular flexibility index (Phi) is 3.86. The molecule has 2 heterocycles. The van der Waals surface area contributed by atoms with Gasteiger partial charge in [0, 0.05) is 12.7 Å². The summed E-state index contributed by atoms with van der Waals surface area (Å²) in [5.74, 6) is 0.171. The van der Waals surface area contributed by atoms with Crippen LogP contribution in [0.15, 0.2) is 12.3 Å². The van der Waals surface area contributed by atoms with Crippen molar-refractivity contribution in [1.82, 2.24) is 19.4 Å². The molecule has 0 unspecified atom stereocenters. The molecule has 96 valence electrons. The zero-order valence-electron chi connectivity index (χ0n) is 10.8. The van der Waals surface area contributed by atoms with Crippen molar-refractivity contribution in [2.75, 3.05) is 0 Å². The molecule has 0 aliphatic heterocycles. The molecule has 0 aliphatic rings. The van der Waals surface area contributed by atoms with Gasteiger partial charge in [0.05, 0.1) is 5.69 Å². The lowest BCUT2D eigenvalue weighted by molar-refractivity contribution is 0.103. The predicted octanol–water partition coefficient (Wildman–Crippen LogP) is 2.50. The molecule has 0 fully saturated rings. The smallest absolute Gasteiger partial charge is 0.224 e. The first-order chi connectivity index (χ1) is 8.65. The Morgan fingerprint density at radius 1 is 1.50 bits per heavy atom. The molecule has 0 atom stereocenters. The Morgan fingerprint density at radius 3 is 2.94 bits per heavy atom. The molecule has 0 saturated carbocycles. The highest BCUT2D eigenvalue weighted by Crippen LogP contribution is 2.22. The molecule has 0 bridgehead atoms. The monoisotopic (exact) mass is 264 g/mol. The minimum atomic E-state index is -0.0281. The molecular formula is C12H16N4OS. The van der Waals surface area contributed by atoms with Crippen LogP contribution in [0, 0.1) is 0 Å². The van der Waals surface area contributed by atoms with Crippen LogP contribution < -0.4 is 0 Å². The molecule has 5 nitrogen and oxygen atoms in total. The van der Waals surface area contributed by atoms with E-state index >= 15 is 0 Å². The second-order valence-electron chi connectivity index (χ2n) is 4.41. The average Bonchev–Trinajstić information content (AvgIpc) is 2.96. The fraction of sp³-hybridized carbons (Fsp3) is 0.500. The average molecular weight is 264 g/mol. The first-order valence-electron chi connectivity index (χ1n) is 6.03. The number of hydrogen-bond acceptors (Lipinski definition) is 5. The summed E-state index contributed by atoms with van der Waals surface area (Å²) in [6.07, 6.45) is 2.60. The van der Waals surface area contributed by atoms with E-state index in [2.05, 4.69) is 21.6 Å². The van der Waals surface area contributed by atoms with Crippen molar-refractivity contribution in [2.24, 2.45) is 0 Å². The topological polar surface area (TPSA) is 60.7 Å². The van der Waals surface area contributed by atoms with Gasteiger partial charge in [0.15, 0.2) is 0 Å². The van der Waals surface area contributed by atoms with Gasteiger partial charge in [0.1, 0.15) is 10.6 Å². The maximum Gasteiger partial charge on any atom is 0.224 e. The van der Waals surface area contributed by atoms with Crippen molar-refractivity contribution in [3.63, 3.8) is 0 Å². The standard InChI is InChI=1S/C12H16N4OS/c1-4-7-16-9(5-6-13-16)11(17)12-10(8(2)3)14-15-18-12/h5-6,8H,4,7H2,1-3H3. The summed E-state index contributed by atoms with van der Waals surface area (Å²) in [6, 6.07) is 1.75. The van der Waals surface area contributed by atoms with Crippen LogP contribution in [0.25, 0.3) is 0 Å². The first-order valence-corrected chi connectivity index (χ1v) is 6.81. The van der Waals surface area contributed by atoms with Gasteiger partial charge < -0.3 is 0 Å². The molecule has 2 aromatic heterocycles. The summed E-state index contributed by atoms with van der Waals surface area (Å²) in [6.45, 7) is 6.83. The minimum absolute atomic E-state index is 0.0281. The van der Waals surface area contributed by atoms with E-state index in [0.717, 1.165) is 30.2 Å². The van der Waals surface area contributed by atoms with E-state index in [1.54, 1.807) is 16.9 Å². The molecule has 2 aromatic rings. The largest absolute Gasteiger partial charge is 0.286 e. The van der Waals surface area contributed by atoms with E-state index in [-0.39, 0.29) is 11.7 Å². The van der Waals surface area contributed by atoms with Crippen molar-refractivity contribution >= 4 is 17.3 Å². The molecule has 0 spiro atoms. The van der Waals surface area contributed by atoms with Crippen molar-refractivity contribution in [2.45, 2.75) is 39.7 Å². The quantitative estimate of drug-likeness (QED) is 0.778. The zero-order chi connectivity index (χ0) is 13.1. The van der Waals surface area contributed by atoms with Crippen molar-refractivity contribution < 1.29 is 4.79 Å². The summed E-state index contributed by atoms with van der Waals surface area (Å²) in [5, 5.41) is 8.21. The third kappa shape index (κ3) is 2.33. The van der Waals surface area contributed by atoms with Crippen molar-refractivity contribution in [3.8, 4) is 0 Å². The van der Waals surface area contributed by atoms with Crippen molar-refractivity contribution in [3.05, 3.63) is 28.5 Å². The first kappa shape index (κ1) is 12.9. The number of nitrogens with zero attached hydrogens (tertiary/aromatic N) is 4. The summed E-state index contributed by atoms with van der Waals surface area (Å²) >= 11 is 1.16. The van der Waals surface area contributed by atoms with Crippen LogP contribution in [0.1, 0.15) is 54.2 Å². The number of aryl methyl sites for hydroxylation is 1. The number of ketones is 1. The van der Waals surface area contributed by atoms with Crippen LogP contribution in [0.4, 0.5) is 0 Å². The minimum Gasteiger partial charge on any atom is -0.286 e. The van der Waals surface area contributed by atoms with Gasteiger partial charge in [0.2, 0.25) is 5.78 Å². The lowest BCUT2D eigenvalue weighted by Crippen LogP contribution is -2.12. The van der Waals surface area contributed by atoms with Gasteiger partial charge in [-0.3, -0.25) is 9.48 Å².